The van der Waals surface area contributed by atoms with Gasteiger partial charge in [-0.2, -0.15) is 0 Å². The predicted octanol–water partition coefficient (Wildman–Crippen LogP) is 5.00. The Morgan fingerprint density at radius 2 is 1.45 bits per heavy atom. The maximum absolute atomic E-state index is 5.90. The van der Waals surface area contributed by atoms with E-state index in [4.69, 9.17) is 11.6 Å². The average Bonchev–Trinajstić information content (AvgIpc) is 2.92. The van der Waals surface area contributed by atoms with Gasteiger partial charge in [0.15, 0.2) is 5.13 Å². The molecule has 0 amide bonds. The Morgan fingerprint density at radius 3 is 1.90 bits per heavy atom. The van der Waals surface area contributed by atoms with Crippen LogP contribution in [0.2, 0.25) is 5.15 Å². The van der Waals surface area contributed by atoms with Crippen LogP contribution in [0.15, 0.2) is 66.0 Å². The van der Waals surface area contributed by atoms with E-state index in [0.717, 1.165) is 5.13 Å². The van der Waals surface area contributed by atoms with Crippen molar-refractivity contribution in [1.29, 1.82) is 0 Å². The Morgan fingerprint density at radius 1 is 0.900 bits per heavy atom. The van der Waals surface area contributed by atoms with E-state index in [9.17, 15) is 0 Å². The van der Waals surface area contributed by atoms with Crippen molar-refractivity contribution in [3.63, 3.8) is 0 Å². The second-order valence-corrected chi connectivity index (χ2v) is 5.62. The summed E-state index contributed by atoms with van der Waals surface area (Å²) in [6, 6.07) is 20.7. The zero-order valence-corrected chi connectivity index (χ0v) is 12.2. The lowest BCUT2D eigenvalue weighted by Crippen LogP contribution is -2.12. The normalized spacial score (nSPS) is 10.7. The molecule has 20 heavy (non-hydrogen) atoms. The first-order valence-corrected chi connectivity index (χ1v) is 7.56. The number of nitrogens with zero attached hydrogens (tertiary/aromatic N) is 1. The van der Waals surface area contributed by atoms with Gasteiger partial charge in [0, 0.05) is 5.38 Å². The van der Waals surface area contributed by atoms with Crippen molar-refractivity contribution < 1.29 is 0 Å². The fourth-order valence-electron chi connectivity index (χ4n) is 2.09. The van der Waals surface area contributed by atoms with Gasteiger partial charge in [-0.25, -0.2) is 4.98 Å². The maximum atomic E-state index is 5.90. The predicted molar refractivity (Wildman–Crippen MR) is 85.5 cm³/mol. The molecule has 3 aromatic rings. The quantitative estimate of drug-likeness (QED) is 0.733. The molecule has 2 aromatic carbocycles. The summed E-state index contributed by atoms with van der Waals surface area (Å²) in [5.74, 6) is 0. The first-order chi connectivity index (χ1) is 9.83. The van der Waals surface area contributed by atoms with Crippen LogP contribution in [0.3, 0.4) is 0 Å². The van der Waals surface area contributed by atoms with Crippen molar-refractivity contribution >= 4 is 28.1 Å². The van der Waals surface area contributed by atoms with Crippen LogP contribution in [0.5, 0.6) is 0 Å². The number of anilines is 1. The molecular weight excluding hydrogens is 288 g/mol. The molecule has 0 atom stereocenters. The zero-order chi connectivity index (χ0) is 13.8. The van der Waals surface area contributed by atoms with E-state index in [1.54, 1.807) is 0 Å². The van der Waals surface area contributed by atoms with Crippen LogP contribution >= 0.6 is 22.9 Å². The fourth-order valence-corrected chi connectivity index (χ4v) is 2.96. The molecule has 0 unspecified atom stereocenters. The van der Waals surface area contributed by atoms with Crippen LogP contribution in [-0.2, 0) is 0 Å². The lowest BCUT2D eigenvalue weighted by molar-refractivity contribution is 0.935. The molecule has 100 valence electrons. The van der Waals surface area contributed by atoms with Crippen molar-refractivity contribution in [2.75, 3.05) is 5.32 Å². The monoisotopic (exact) mass is 300 g/mol. The van der Waals surface area contributed by atoms with Crippen LogP contribution in [0, 0.1) is 0 Å². The molecule has 0 radical (unpaired) electrons. The third kappa shape index (κ3) is 3.00. The minimum atomic E-state index is 0.0691. The van der Waals surface area contributed by atoms with Gasteiger partial charge in [0.1, 0.15) is 5.15 Å². The standard InChI is InChI=1S/C16H13ClN2S/c17-14-11-20-16(18-14)19-15(12-7-3-1-4-8-12)13-9-5-2-6-10-13/h1-11,15H,(H,18,19). The summed E-state index contributed by atoms with van der Waals surface area (Å²) in [6.07, 6.45) is 0. The number of aromatic nitrogens is 1. The van der Waals surface area contributed by atoms with Crippen molar-refractivity contribution in [3.8, 4) is 0 Å². The van der Waals surface area contributed by atoms with Gasteiger partial charge in [0.05, 0.1) is 6.04 Å². The Bertz CT molecular complexity index is 628. The molecule has 0 fully saturated rings. The minimum absolute atomic E-state index is 0.0691. The van der Waals surface area contributed by atoms with Crippen LogP contribution in [0.1, 0.15) is 17.2 Å². The molecule has 0 aliphatic rings. The second kappa shape index (κ2) is 6.07. The molecule has 0 saturated carbocycles. The summed E-state index contributed by atoms with van der Waals surface area (Å²) in [5, 5.41) is 6.64. The molecule has 1 heterocycles. The van der Waals surface area contributed by atoms with Gasteiger partial charge in [0.2, 0.25) is 0 Å². The molecule has 0 aliphatic carbocycles. The second-order valence-electron chi connectivity index (χ2n) is 4.37. The van der Waals surface area contributed by atoms with E-state index in [-0.39, 0.29) is 6.04 Å². The van der Waals surface area contributed by atoms with E-state index in [2.05, 4.69) is 34.6 Å². The molecule has 1 aromatic heterocycles. The molecule has 4 heteroatoms. The van der Waals surface area contributed by atoms with Crippen LogP contribution < -0.4 is 5.32 Å². The topological polar surface area (TPSA) is 24.9 Å². The van der Waals surface area contributed by atoms with E-state index >= 15 is 0 Å². The van der Waals surface area contributed by atoms with Crippen molar-refractivity contribution in [2.45, 2.75) is 6.04 Å². The molecule has 0 aliphatic heterocycles. The van der Waals surface area contributed by atoms with E-state index < -0.39 is 0 Å². The zero-order valence-electron chi connectivity index (χ0n) is 10.7. The van der Waals surface area contributed by atoms with Crippen LogP contribution in [0.4, 0.5) is 5.13 Å². The average molecular weight is 301 g/mol. The van der Waals surface area contributed by atoms with Crippen LogP contribution in [0.25, 0.3) is 0 Å². The number of nitrogens with one attached hydrogen (secondary N) is 1. The Balaban J connectivity index is 1.96. The molecule has 2 nitrogen and oxygen atoms in total. The smallest absolute Gasteiger partial charge is 0.184 e. The molecule has 0 spiro atoms. The Hall–Kier alpha value is -1.84. The van der Waals surface area contributed by atoms with Crippen molar-refractivity contribution in [2.24, 2.45) is 0 Å². The van der Waals surface area contributed by atoms with Gasteiger partial charge in [0.25, 0.3) is 0 Å². The van der Waals surface area contributed by atoms with Gasteiger partial charge >= 0.3 is 0 Å². The SMILES string of the molecule is Clc1csc(NC(c2ccccc2)c2ccccc2)n1. The van der Waals surface area contributed by atoms with Crippen molar-refractivity contribution in [1.82, 2.24) is 4.98 Å². The highest BCUT2D eigenvalue weighted by atomic mass is 35.5. The number of rotatable bonds is 4. The molecule has 0 bridgehead atoms. The Labute approximate surface area is 127 Å². The van der Waals surface area contributed by atoms with Gasteiger partial charge in [-0.15, -0.1) is 11.3 Å². The molecular formula is C16H13ClN2S. The molecule has 0 saturated heterocycles. The van der Waals surface area contributed by atoms with Gasteiger partial charge < -0.3 is 5.32 Å². The van der Waals surface area contributed by atoms with E-state index in [0.29, 0.717) is 5.15 Å². The number of hydrogen-bond acceptors (Lipinski definition) is 3. The minimum Gasteiger partial charge on any atom is -0.351 e. The fraction of sp³-hybridized carbons (Fsp3) is 0.0625. The summed E-state index contributed by atoms with van der Waals surface area (Å²) in [6.45, 7) is 0. The summed E-state index contributed by atoms with van der Waals surface area (Å²) in [4.78, 5) is 4.27. The lowest BCUT2D eigenvalue weighted by Gasteiger charge is -2.19. The number of halogens is 1. The highest BCUT2D eigenvalue weighted by Gasteiger charge is 2.14. The summed E-state index contributed by atoms with van der Waals surface area (Å²) in [5.41, 5.74) is 2.40. The third-order valence-corrected chi connectivity index (χ3v) is 4.11. The first-order valence-electron chi connectivity index (χ1n) is 6.30. The summed E-state index contributed by atoms with van der Waals surface area (Å²) < 4.78 is 0. The molecule has 1 N–H and O–H groups in total. The maximum Gasteiger partial charge on any atom is 0.184 e. The van der Waals surface area contributed by atoms with Gasteiger partial charge in [-0.1, -0.05) is 72.3 Å². The van der Waals surface area contributed by atoms with Gasteiger partial charge in [-0.05, 0) is 11.1 Å². The van der Waals surface area contributed by atoms with Crippen LogP contribution in [-0.4, -0.2) is 4.98 Å². The van der Waals surface area contributed by atoms with E-state index in [1.165, 1.54) is 22.5 Å². The largest absolute Gasteiger partial charge is 0.351 e. The lowest BCUT2D eigenvalue weighted by atomic mass is 9.99. The van der Waals surface area contributed by atoms with Gasteiger partial charge in [-0.3, -0.25) is 0 Å². The first kappa shape index (κ1) is 13.2. The van der Waals surface area contributed by atoms with E-state index in [1.807, 2.05) is 41.8 Å². The number of hydrogen-bond donors (Lipinski definition) is 1. The summed E-state index contributed by atoms with van der Waals surface area (Å²) in [7, 11) is 0. The van der Waals surface area contributed by atoms with Crippen molar-refractivity contribution in [3.05, 3.63) is 82.3 Å². The number of thiazole rings is 1. The Kier molecular flexibility index (Phi) is 4.00. The highest BCUT2D eigenvalue weighted by molar-refractivity contribution is 7.14. The number of benzene rings is 2. The third-order valence-electron chi connectivity index (χ3n) is 3.01. The molecule has 3 rings (SSSR count). The highest BCUT2D eigenvalue weighted by Crippen LogP contribution is 2.29. The summed E-state index contributed by atoms with van der Waals surface area (Å²) >= 11 is 7.41.